The number of halogens is 2. The molecule has 151 valence electrons. The summed E-state index contributed by atoms with van der Waals surface area (Å²) < 4.78 is 46.5. The lowest BCUT2D eigenvalue weighted by Crippen LogP contribution is -2.38. The summed E-state index contributed by atoms with van der Waals surface area (Å²) in [5.41, 5.74) is 6.85. The Labute approximate surface area is 162 Å². The Balaban J connectivity index is 4.07. The van der Waals surface area contributed by atoms with Gasteiger partial charge in [-0.15, -0.1) is 23.2 Å². The Kier molecular flexibility index (Phi) is 14.6. The van der Waals surface area contributed by atoms with E-state index in [9.17, 15) is 16.8 Å². The van der Waals surface area contributed by atoms with Gasteiger partial charge in [0.25, 0.3) is 0 Å². The molecule has 25 heavy (non-hydrogen) atoms. The van der Waals surface area contributed by atoms with Crippen LogP contribution >= 0.6 is 23.2 Å². The Morgan fingerprint density at radius 2 is 1.48 bits per heavy atom. The molecule has 0 aliphatic rings. The van der Waals surface area contributed by atoms with E-state index >= 15 is 0 Å². The van der Waals surface area contributed by atoms with Crippen LogP contribution in [0.2, 0.25) is 0 Å². The van der Waals surface area contributed by atoms with Crippen molar-refractivity contribution in [1.29, 1.82) is 0 Å². The predicted octanol–water partition coefficient (Wildman–Crippen LogP) is 0.505. The van der Waals surface area contributed by atoms with Gasteiger partial charge < -0.3 is 4.90 Å². The fourth-order valence-electron chi connectivity index (χ4n) is 1.98. The third kappa shape index (κ3) is 15.1. The van der Waals surface area contributed by atoms with Gasteiger partial charge >= 0.3 is 0 Å². The number of nitrogens with one attached hydrogen (secondary N) is 1. The van der Waals surface area contributed by atoms with Crippen molar-refractivity contribution < 1.29 is 16.8 Å². The molecule has 7 nitrogen and oxygen atoms in total. The zero-order chi connectivity index (χ0) is 19.2. The second-order valence-corrected chi connectivity index (χ2v) is 11.0. The van der Waals surface area contributed by atoms with E-state index in [1.165, 1.54) is 0 Å². The fraction of sp³-hybridized carbons (Fsp3) is 1.00. The minimum Gasteiger partial charge on any atom is -0.301 e. The summed E-state index contributed by atoms with van der Waals surface area (Å²) in [6, 6.07) is 0. The zero-order valence-electron chi connectivity index (χ0n) is 14.8. The molecule has 0 aliphatic carbocycles. The van der Waals surface area contributed by atoms with Crippen LogP contribution in [0.4, 0.5) is 0 Å². The first kappa shape index (κ1) is 25.4. The summed E-state index contributed by atoms with van der Waals surface area (Å²) in [4.78, 5) is 2.06. The molecule has 0 rings (SSSR count). The highest BCUT2D eigenvalue weighted by Gasteiger charge is 2.13. The number of hydrogen-bond donors (Lipinski definition) is 1. The minimum atomic E-state index is -3.12. The van der Waals surface area contributed by atoms with E-state index in [2.05, 4.69) is 22.7 Å². The van der Waals surface area contributed by atoms with Crippen molar-refractivity contribution in [2.24, 2.45) is 0 Å². The number of hydrogen-bond acceptors (Lipinski definition) is 6. The summed E-state index contributed by atoms with van der Waals surface area (Å²) in [5.74, 6) is 0.269. The van der Waals surface area contributed by atoms with Crippen LogP contribution in [-0.4, -0.2) is 89.2 Å². The molecular weight excluding hydrogens is 409 g/mol. The molecule has 0 saturated carbocycles. The van der Waals surface area contributed by atoms with Gasteiger partial charge in [-0.25, -0.2) is 22.3 Å². The second kappa shape index (κ2) is 14.4. The van der Waals surface area contributed by atoms with E-state index in [0.717, 1.165) is 19.4 Å². The maximum atomic E-state index is 11.8. The van der Waals surface area contributed by atoms with Crippen LogP contribution in [0.5, 0.6) is 0 Å². The zero-order valence-corrected chi connectivity index (χ0v) is 17.9. The Hall–Kier alpha value is 0.360. The first-order valence-corrected chi connectivity index (χ1v) is 13.1. The van der Waals surface area contributed by atoms with Crippen molar-refractivity contribution in [2.75, 3.05) is 67.5 Å². The third-order valence-electron chi connectivity index (χ3n) is 3.49. The summed E-state index contributed by atoms with van der Waals surface area (Å²) in [7, 11) is -6.23. The van der Waals surface area contributed by atoms with Crippen LogP contribution in [0.15, 0.2) is 0 Å². The number of unbranched alkanes of at least 4 members (excludes halogenated alkanes) is 1. The molecular formula is C14H30Cl2N3O4S2. The van der Waals surface area contributed by atoms with E-state index in [-0.39, 0.29) is 41.3 Å². The van der Waals surface area contributed by atoms with Crippen molar-refractivity contribution in [3.63, 3.8) is 0 Å². The molecule has 0 fully saturated rings. The first-order valence-electron chi connectivity index (χ1n) is 8.41. The maximum Gasteiger partial charge on any atom is 0.152 e. The van der Waals surface area contributed by atoms with E-state index in [1.807, 2.05) is 0 Å². The van der Waals surface area contributed by atoms with Gasteiger partial charge in [0.15, 0.2) is 19.7 Å². The number of alkyl halides is 2. The van der Waals surface area contributed by atoms with Gasteiger partial charge in [-0.2, -0.15) is 5.43 Å². The largest absolute Gasteiger partial charge is 0.301 e. The molecule has 0 heterocycles. The van der Waals surface area contributed by atoms with Crippen molar-refractivity contribution in [2.45, 2.75) is 19.8 Å². The molecule has 1 N–H and O–H groups in total. The van der Waals surface area contributed by atoms with Crippen LogP contribution in [0.3, 0.4) is 0 Å². The second-order valence-electron chi connectivity index (χ2n) is 5.67. The summed E-state index contributed by atoms with van der Waals surface area (Å²) >= 11 is 10.9. The molecule has 0 atom stereocenters. The van der Waals surface area contributed by atoms with Crippen molar-refractivity contribution in [3.05, 3.63) is 0 Å². The molecule has 0 aromatic rings. The van der Waals surface area contributed by atoms with Gasteiger partial charge in [-0.1, -0.05) is 13.3 Å². The highest BCUT2D eigenvalue weighted by Crippen LogP contribution is 1.99. The van der Waals surface area contributed by atoms with Gasteiger partial charge in [0.1, 0.15) is 0 Å². The van der Waals surface area contributed by atoms with Crippen molar-refractivity contribution in [3.8, 4) is 0 Å². The number of nitrogens with zero attached hydrogens (tertiary/aromatic N) is 2. The van der Waals surface area contributed by atoms with Gasteiger partial charge in [-0.05, 0) is 13.0 Å². The third-order valence-corrected chi connectivity index (χ3v) is 7.60. The topological polar surface area (TPSA) is 97.7 Å². The molecule has 0 aliphatic heterocycles. The monoisotopic (exact) mass is 438 g/mol. The normalized spacial score (nSPS) is 12.8. The van der Waals surface area contributed by atoms with Crippen LogP contribution in [0, 0.1) is 0 Å². The molecule has 0 saturated heterocycles. The predicted molar refractivity (Wildman–Crippen MR) is 105 cm³/mol. The van der Waals surface area contributed by atoms with E-state index in [1.54, 1.807) is 0 Å². The first-order chi connectivity index (χ1) is 11.8. The molecule has 0 unspecified atom stereocenters. The average molecular weight is 439 g/mol. The summed E-state index contributed by atoms with van der Waals surface area (Å²) in [5, 5.41) is 0. The molecule has 0 aromatic carbocycles. The van der Waals surface area contributed by atoms with E-state index in [0.29, 0.717) is 19.6 Å². The lowest BCUT2D eigenvalue weighted by molar-refractivity contribution is 0.277. The fourth-order valence-corrected chi connectivity index (χ4v) is 5.20. The highest BCUT2D eigenvalue weighted by atomic mass is 35.5. The summed E-state index contributed by atoms with van der Waals surface area (Å²) in [6.07, 6.45) is 2.01. The Bertz CT molecular complexity index is 530. The van der Waals surface area contributed by atoms with Gasteiger partial charge in [-0.3, -0.25) is 0 Å². The number of sulfone groups is 2. The van der Waals surface area contributed by atoms with Crippen molar-refractivity contribution >= 4 is 42.9 Å². The van der Waals surface area contributed by atoms with Crippen LogP contribution in [0.1, 0.15) is 19.8 Å². The molecule has 0 aromatic heterocycles. The van der Waals surface area contributed by atoms with Gasteiger partial charge in [0, 0.05) is 37.9 Å². The van der Waals surface area contributed by atoms with Crippen molar-refractivity contribution in [1.82, 2.24) is 15.8 Å². The summed E-state index contributed by atoms with van der Waals surface area (Å²) in [6.45, 7) is 4.69. The van der Waals surface area contributed by atoms with Crippen LogP contribution < -0.4 is 10.9 Å². The quantitative estimate of drug-likeness (QED) is 0.201. The minimum absolute atomic E-state index is 0.000557. The van der Waals surface area contributed by atoms with Crippen LogP contribution in [-0.2, 0) is 19.7 Å². The lowest BCUT2D eigenvalue weighted by Gasteiger charge is -2.21. The van der Waals surface area contributed by atoms with Gasteiger partial charge in [0.05, 0.1) is 23.0 Å². The standard InChI is InChI=1S/C14H30Cl2N3O4S2/c1-2-3-8-19(10-14-25(22,23)12-5-16)9-6-17-18-7-13-24(20,21)11-4-15/h18H,2-14H2,1H3. The molecule has 1 radical (unpaired) electrons. The molecule has 0 amide bonds. The average Bonchev–Trinajstić information content (AvgIpc) is 2.52. The molecule has 0 spiro atoms. The molecule has 11 heteroatoms. The van der Waals surface area contributed by atoms with E-state index in [4.69, 9.17) is 23.2 Å². The van der Waals surface area contributed by atoms with E-state index < -0.39 is 19.7 Å². The SMILES string of the molecule is CCCCN(CC[N]NCCS(=O)(=O)CCCl)CCS(=O)(=O)CCCl. The maximum absolute atomic E-state index is 11.8. The van der Waals surface area contributed by atoms with Gasteiger partial charge in [0.2, 0.25) is 0 Å². The Morgan fingerprint density at radius 3 is 2.04 bits per heavy atom. The lowest BCUT2D eigenvalue weighted by atomic mass is 10.3. The molecule has 0 bridgehead atoms. The Morgan fingerprint density at radius 1 is 0.880 bits per heavy atom. The van der Waals surface area contributed by atoms with Crippen LogP contribution in [0.25, 0.3) is 0 Å². The highest BCUT2D eigenvalue weighted by molar-refractivity contribution is 7.91. The smallest absolute Gasteiger partial charge is 0.152 e. The number of rotatable bonds is 17.